The van der Waals surface area contributed by atoms with Crippen LogP contribution in [0.5, 0.6) is 0 Å². The molecule has 1 aromatic rings. The molecule has 1 aliphatic rings. The lowest BCUT2D eigenvalue weighted by atomic mass is 9.74. The summed E-state index contributed by atoms with van der Waals surface area (Å²) in [5.74, 6) is 3.43. The highest BCUT2D eigenvalue weighted by Gasteiger charge is 2.30. The minimum atomic E-state index is 0.637. The van der Waals surface area contributed by atoms with Gasteiger partial charge in [-0.2, -0.15) is 0 Å². The van der Waals surface area contributed by atoms with Crippen molar-refractivity contribution in [2.75, 3.05) is 0 Å². The predicted molar refractivity (Wildman–Crippen MR) is 78.4 cm³/mol. The molecule has 0 amide bonds. The highest BCUT2D eigenvalue weighted by atomic mass is 79.9. The van der Waals surface area contributed by atoms with Crippen molar-refractivity contribution in [3.05, 3.63) is 22.6 Å². The average molecular weight is 314 g/mol. The fourth-order valence-corrected chi connectivity index (χ4v) is 3.46. The summed E-state index contributed by atoms with van der Waals surface area (Å²) >= 11 is 3.35. The Morgan fingerprint density at radius 1 is 1.39 bits per heavy atom. The number of rotatable bonds is 4. The van der Waals surface area contributed by atoms with E-state index >= 15 is 0 Å². The first-order valence-electron chi connectivity index (χ1n) is 7.04. The number of hydrogen-bond acceptors (Lipinski definition) is 2. The molecule has 0 saturated heterocycles. The van der Waals surface area contributed by atoms with Gasteiger partial charge in [-0.3, -0.25) is 0 Å². The van der Waals surface area contributed by atoms with Crippen LogP contribution in [0.25, 0.3) is 0 Å². The van der Waals surface area contributed by atoms with Gasteiger partial charge < -0.3 is 9.73 Å². The minimum absolute atomic E-state index is 0.637. The van der Waals surface area contributed by atoms with Crippen molar-refractivity contribution >= 4 is 15.9 Å². The topological polar surface area (TPSA) is 25.2 Å². The van der Waals surface area contributed by atoms with Crippen LogP contribution in [-0.4, -0.2) is 6.04 Å². The molecule has 3 atom stereocenters. The first-order chi connectivity index (χ1) is 8.56. The minimum Gasteiger partial charge on any atom is -0.453 e. The highest BCUT2D eigenvalue weighted by molar-refractivity contribution is 9.10. The Morgan fingerprint density at radius 2 is 2.17 bits per heavy atom. The number of halogens is 1. The summed E-state index contributed by atoms with van der Waals surface area (Å²) in [5.41, 5.74) is 0. The smallest absolute Gasteiger partial charge is 0.169 e. The molecule has 1 N–H and O–H groups in total. The normalized spacial score (nSPS) is 28.8. The first-order valence-corrected chi connectivity index (χ1v) is 7.83. The van der Waals surface area contributed by atoms with Crippen LogP contribution in [0.4, 0.5) is 0 Å². The van der Waals surface area contributed by atoms with Gasteiger partial charge in [0.1, 0.15) is 5.76 Å². The quantitative estimate of drug-likeness (QED) is 0.879. The van der Waals surface area contributed by atoms with E-state index in [1.807, 2.05) is 12.1 Å². The van der Waals surface area contributed by atoms with E-state index in [1.165, 1.54) is 19.3 Å². The maximum atomic E-state index is 5.55. The Morgan fingerprint density at radius 3 is 2.78 bits per heavy atom. The van der Waals surface area contributed by atoms with Crippen LogP contribution in [0.3, 0.4) is 0 Å². The molecule has 0 aliphatic heterocycles. The summed E-state index contributed by atoms with van der Waals surface area (Å²) in [5, 5.41) is 3.70. The number of furan rings is 1. The van der Waals surface area contributed by atoms with Crippen LogP contribution in [0.2, 0.25) is 0 Å². The van der Waals surface area contributed by atoms with E-state index in [-0.39, 0.29) is 0 Å². The number of hydrogen-bond donors (Lipinski definition) is 1. The van der Waals surface area contributed by atoms with Crippen LogP contribution in [-0.2, 0) is 6.54 Å². The lowest BCUT2D eigenvalue weighted by Crippen LogP contribution is -2.42. The summed E-state index contributed by atoms with van der Waals surface area (Å²) in [6.07, 6.45) is 4.04. The van der Waals surface area contributed by atoms with E-state index in [2.05, 4.69) is 42.0 Å². The number of nitrogens with one attached hydrogen (secondary N) is 1. The monoisotopic (exact) mass is 313 g/mol. The van der Waals surface area contributed by atoms with Crippen LogP contribution >= 0.6 is 15.9 Å². The third kappa shape index (κ3) is 3.61. The molecule has 1 aromatic heterocycles. The second kappa shape index (κ2) is 6.25. The van der Waals surface area contributed by atoms with E-state index in [0.29, 0.717) is 6.04 Å². The average Bonchev–Trinajstić information content (AvgIpc) is 2.72. The maximum Gasteiger partial charge on any atom is 0.169 e. The highest BCUT2D eigenvalue weighted by Crippen LogP contribution is 2.33. The van der Waals surface area contributed by atoms with Gasteiger partial charge in [-0.25, -0.2) is 0 Å². The molecule has 2 rings (SSSR count). The maximum absolute atomic E-state index is 5.55. The SMILES string of the molecule is CC1CCC(C(C)C)C(NCc2ccc(Br)o2)C1. The Hall–Kier alpha value is -0.280. The molecule has 1 aliphatic carbocycles. The van der Waals surface area contributed by atoms with Crippen molar-refractivity contribution in [3.63, 3.8) is 0 Å². The van der Waals surface area contributed by atoms with Crippen molar-refractivity contribution in [2.45, 2.75) is 52.6 Å². The van der Waals surface area contributed by atoms with Gasteiger partial charge in [-0.1, -0.05) is 27.2 Å². The summed E-state index contributed by atoms with van der Waals surface area (Å²) < 4.78 is 6.37. The van der Waals surface area contributed by atoms with Gasteiger partial charge in [0.25, 0.3) is 0 Å². The molecule has 1 saturated carbocycles. The van der Waals surface area contributed by atoms with Gasteiger partial charge in [0.15, 0.2) is 4.67 Å². The fourth-order valence-electron chi connectivity index (χ4n) is 3.12. The molecule has 102 valence electrons. The largest absolute Gasteiger partial charge is 0.453 e. The van der Waals surface area contributed by atoms with E-state index in [9.17, 15) is 0 Å². The molecular formula is C15H24BrNO. The Labute approximate surface area is 119 Å². The van der Waals surface area contributed by atoms with Crippen molar-refractivity contribution in [1.82, 2.24) is 5.32 Å². The Kier molecular flexibility index (Phi) is 4.91. The lowest BCUT2D eigenvalue weighted by Gasteiger charge is -2.37. The molecule has 0 spiro atoms. The van der Waals surface area contributed by atoms with Crippen molar-refractivity contribution in [1.29, 1.82) is 0 Å². The van der Waals surface area contributed by atoms with Gasteiger partial charge in [0.05, 0.1) is 6.54 Å². The zero-order chi connectivity index (χ0) is 13.1. The standard InChI is InChI=1S/C15H24BrNO/c1-10(2)13-6-4-11(3)8-14(13)17-9-12-5-7-15(16)18-12/h5,7,10-11,13-14,17H,4,6,8-9H2,1-3H3. The van der Waals surface area contributed by atoms with Gasteiger partial charge in [-0.05, 0) is 58.7 Å². The Balaban J connectivity index is 1.92. The zero-order valence-electron chi connectivity index (χ0n) is 11.6. The van der Waals surface area contributed by atoms with Gasteiger partial charge in [0, 0.05) is 6.04 Å². The van der Waals surface area contributed by atoms with Gasteiger partial charge >= 0.3 is 0 Å². The third-order valence-corrected chi connectivity index (χ3v) is 4.62. The van der Waals surface area contributed by atoms with E-state index in [1.54, 1.807) is 0 Å². The van der Waals surface area contributed by atoms with E-state index in [4.69, 9.17) is 4.42 Å². The molecule has 3 unspecified atom stereocenters. The molecule has 2 nitrogen and oxygen atoms in total. The molecule has 0 radical (unpaired) electrons. The summed E-state index contributed by atoms with van der Waals surface area (Å²) in [6.45, 7) is 7.90. The van der Waals surface area contributed by atoms with Crippen LogP contribution in [0, 0.1) is 17.8 Å². The van der Waals surface area contributed by atoms with Crippen molar-refractivity contribution in [3.8, 4) is 0 Å². The lowest BCUT2D eigenvalue weighted by molar-refractivity contribution is 0.166. The van der Waals surface area contributed by atoms with E-state index in [0.717, 1.165) is 34.7 Å². The molecule has 18 heavy (non-hydrogen) atoms. The second-order valence-corrected chi connectivity index (χ2v) is 6.80. The van der Waals surface area contributed by atoms with Crippen molar-refractivity contribution in [2.24, 2.45) is 17.8 Å². The summed E-state index contributed by atoms with van der Waals surface area (Å²) in [6, 6.07) is 4.63. The van der Waals surface area contributed by atoms with E-state index < -0.39 is 0 Å². The molecule has 1 fully saturated rings. The van der Waals surface area contributed by atoms with Crippen LogP contribution in [0.15, 0.2) is 21.2 Å². The van der Waals surface area contributed by atoms with Crippen molar-refractivity contribution < 1.29 is 4.42 Å². The second-order valence-electron chi connectivity index (χ2n) is 6.02. The molecule has 0 aromatic carbocycles. The van der Waals surface area contributed by atoms with Crippen LogP contribution in [0.1, 0.15) is 45.8 Å². The summed E-state index contributed by atoms with van der Waals surface area (Å²) in [7, 11) is 0. The molecule has 1 heterocycles. The zero-order valence-corrected chi connectivity index (χ0v) is 13.2. The molecular weight excluding hydrogens is 290 g/mol. The predicted octanol–water partition coefficient (Wildman–Crippen LogP) is 4.59. The van der Waals surface area contributed by atoms with Gasteiger partial charge in [0.2, 0.25) is 0 Å². The third-order valence-electron chi connectivity index (χ3n) is 4.19. The Bertz CT molecular complexity index is 374. The molecule has 3 heteroatoms. The fraction of sp³-hybridized carbons (Fsp3) is 0.733. The summed E-state index contributed by atoms with van der Waals surface area (Å²) in [4.78, 5) is 0. The molecule has 0 bridgehead atoms. The van der Waals surface area contributed by atoms with Crippen LogP contribution < -0.4 is 5.32 Å². The van der Waals surface area contributed by atoms with Gasteiger partial charge in [-0.15, -0.1) is 0 Å². The first kappa shape index (κ1) is 14.1.